The van der Waals surface area contributed by atoms with Crippen molar-refractivity contribution in [3.63, 3.8) is 0 Å². The van der Waals surface area contributed by atoms with Crippen LogP contribution in [0.2, 0.25) is 0 Å². The van der Waals surface area contributed by atoms with E-state index in [9.17, 15) is 13.9 Å². The minimum atomic E-state index is -0.667. The van der Waals surface area contributed by atoms with Crippen LogP contribution in [-0.4, -0.2) is 11.7 Å². The molecule has 0 radical (unpaired) electrons. The average Bonchev–Trinajstić information content (AvgIpc) is 2.37. The van der Waals surface area contributed by atoms with E-state index in [-0.39, 0.29) is 12.2 Å². The van der Waals surface area contributed by atoms with Gasteiger partial charge in [0.05, 0.1) is 12.6 Å². The van der Waals surface area contributed by atoms with E-state index in [0.717, 1.165) is 17.3 Å². The molecule has 19 heavy (non-hydrogen) atoms. The summed E-state index contributed by atoms with van der Waals surface area (Å²) in [6.07, 6.45) is 0. The van der Waals surface area contributed by atoms with Gasteiger partial charge in [0.25, 0.3) is 0 Å². The zero-order chi connectivity index (χ0) is 13.8. The highest BCUT2D eigenvalue weighted by atomic mass is 19.1. The lowest BCUT2D eigenvalue weighted by molar-refractivity contribution is 0.273. The minimum absolute atomic E-state index is 0.241. The molecule has 0 aliphatic rings. The van der Waals surface area contributed by atoms with Gasteiger partial charge >= 0.3 is 0 Å². The van der Waals surface area contributed by atoms with Crippen LogP contribution < -0.4 is 5.32 Å². The highest BCUT2D eigenvalue weighted by Gasteiger charge is 2.15. The van der Waals surface area contributed by atoms with Crippen LogP contribution in [0.5, 0.6) is 0 Å². The zero-order valence-corrected chi connectivity index (χ0v) is 10.5. The maximum absolute atomic E-state index is 13.7. The van der Waals surface area contributed by atoms with Crippen LogP contribution in [0.15, 0.2) is 42.5 Å². The molecule has 1 unspecified atom stereocenters. The average molecular weight is 263 g/mol. The fourth-order valence-corrected chi connectivity index (χ4v) is 1.94. The Morgan fingerprint density at radius 3 is 2.58 bits per heavy atom. The molecule has 2 N–H and O–H groups in total. The van der Waals surface area contributed by atoms with Crippen LogP contribution in [0.3, 0.4) is 0 Å². The Morgan fingerprint density at radius 1 is 1.16 bits per heavy atom. The van der Waals surface area contributed by atoms with Crippen LogP contribution in [0, 0.1) is 18.6 Å². The van der Waals surface area contributed by atoms with Crippen molar-refractivity contribution in [3.8, 4) is 0 Å². The van der Waals surface area contributed by atoms with E-state index in [4.69, 9.17) is 0 Å². The number of anilines is 1. The minimum Gasteiger partial charge on any atom is -0.394 e. The fraction of sp³-hybridized carbons (Fsp3) is 0.200. The van der Waals surface area contributed by atoms with Crippen LogP contribution in [0.25, 0.3) is 0 Å². The second kappa shape index (κ2) is 5.80. The summed E-state index contributed by atoms with van der Waals surface area (Å²) in [6, 6.07) is 10.3. The molecule has 100 valence electrons. The number of hydrogen-bond donors (Lipinski definition) is 2. The van der Waals surface area contributed by atoms with Gasteiger partial charge in [0, 0.05) is 17.3 Å². The molecule has 0 saturated heterocycles. The molecule has 1 atom stereocenters. The van der Waals surface area contributed by atoms with Gasteiger partial charge in [-0.1, -0.05) is 18.2 Å². The Bertz CT molecular complexity index is 572. The number of aliphatic hydroxyl groups excluding tert-OH is 1. The molecule has 0 amide bonds. The topological polar surface area (TPSA) is 32.3 Å². The third-order valence-corrected chi connectivity index (χ3v) is 2.88. The number of rotatable bonds is 4. The van der Waals surface area contributed by atoms with E-state index in [0.29, 0.717) is 0 Å². The molecular formula is C15H15F2NO. The lowest BCUT2D eigenvalue weighted by atomic mass is 10.1. The zero-order valence-electron chi connectivity index (χ0n) is 10.5. The Hall–Kier alpha value is -1.94. The van der Waals surface area contributed by atoms with E-state index in [2.05, 4.69) is 5.32 Å². The molecule has 0 bridgehead atoms. The third kappa shape index (κ3) is 3.29. The monoisotopic (exact) mass is 263 g/mol. The van der Waals surface area contributed by atoms with Gasteiger partial charge in [-0.25, -0.2) is 8.78 Å². The van der Waals surface area contributed by atoms with Crippen molar-refractivity contribution >= 4 is 5.69 Å². The smallest absolute Gasteiger partial charge is 0.131 e. The van der Waals surface area contributed by atoms with Gasteiger partial charge in [0.2, 0.25) is 0 Å². The number of benzene rings is 2. The van der Waals surface area contributed by atoms with Gasteiger partial charge in [-0.2, -0.15) is 0 Å². The highest BCUT2D eigenvalue weighted by molar-refractivity contribution is 5.47. The van der Waals surface area contributed by atoms with Gasteiger partial charge in [0.15, 0.2) is 0 Å². The Morgan fingerprint density at radius 2 is 1.95 bits per heavy atom. The first kappa shape index (κ1) is 13.5. The SMILES string of the molecule is Cc1cccc(NC(CO)c2ccc(F)cc2F)c1. The summed E-state index contributed by atoms with van der Waals surface area (Å²) >= 11 is 0. The summed E-state index contributed by atoms with van der Waals surface area (Å²) in [4.78, 5) is 0. The first-order chi connectivity index (χ1) is 9.10. The molecule has 0 aromatic heterocycles. The molecule has 0 aliphatic heterocycles. The number of aliphatic hydroxyl groups is 1. The standard InChI is InChI=1S/C15H15F2NO/c1-10-3-2-4-12(7-10)18-15(9-19)13-6-5-11(16)8-14(13)17/h2-8,15,18-19H,9H2,1H3. The van der Waals surface area contributed by atoms with Crippen molar-refractivity contribution in [2.24, 2.45) is 0 Å². The second-order valence-electron chi connectivity index (χ2n) is 4.41. The van der Waals surface area contributed by atoms with Gasteiger partial charge in [0.1, 0.15) is 11.6 Å². The van der Waals surface area contributed by atoms with E-state index >= 15 is 0 Å². The van der Waals surface area contributed by atoms with Crippen LogP contribution in [0.4, 0.5) is 14.5 Å². The molecule has 2 nitrogen and oxygen atoms in total. The summed E-state index contributed by atoms with van der Waals surface area (Å²) < 4.78 is 26.6. The summed E-state index contributed by atoms with van der Waals surface area (Å²) in [6.45, 7) is 1.66. The molecule has 0 saturated carbocycles. The summed E-state index contributed by atoms with van der Waals surface area (Å²) in [5.74, 6) is -1.30. The predicted octanol–water partition coefficient (Wildman–Crippen LogP) is 3.42. The second-order valence-corrected chi connectivity index (χ2v) is 4.41. The van der Waals surface area contributed by atoms with E-state index in [1.54, 1.807) is 0 Å². The van der Waals surface area contributed by atoms with Gasteiger partial charge in [-0.15, -0.1) is 0 Å². The Labute approximate surface area is 110 Å². The highest BCUT2D eigenvalue weighted by Crippen LogP contribution is 2.23. The third-order valence-electron chi connectivity index (χ3n) is 2.88. The molecule has 2 aromatic rings. The Kier molecular flexibility index (Phi) is 4.12. The molecule has 0 aliphatic carbocycles. The van der Waals surface area contributed by atoms with Gasteiger partial charge < -0.3 is 10.4 Å². The quantitative estimate of drug-likeness (QED) is 0.886. The number of hydrogen-bond acceptors (Lipinski definition) is 2. The predicted molar refractivity (Wildman–Crippen MR) is 71.0 cm³/mol. The first-order valence-electron chi connectivity index (χ1n) is 5.99. The van der Waals surface area contributed by atoms with Crippen LogP contribution in [-0.2, 0) is 0 Å². The lowest BCUT2D eigenvalue weighted by Crippen LogP contribution is -2.16. The molecule has 2 aromatic carbocycles. The largest absolute Gasteiger partial charge is 0.394 e. The number of aryl methyl sites for hydroxylation is 1. The molecule has 0 spiro atoms. The van der Waals surface area contributed by atoms with Crippen LogP contribution >= 0.6 is 0 Å². The van der Waals surface area contributed by atoms with Crippen molar-refractivity contribution in [2.75, 3.05) is 11.9 Å². The van der Waals surface area contributed by atoms with E-state index in [1.807, 2.05) is 31.2 Å². The van der Waals surface area contributed by atoms with Crippen molar-refractivity contribution in [1.82, 2.24) is 0 Å². The Balaban J connectivity index is 2.25. The van der Waals surface area contributed by atoms with Crippen LogP contribution in [0.1, 0.15) is 17.2 Å². The lowest BCUT2D eigenvalue weighted by Gasteiger charge is -2.19. The first-order valence-corrected chi connectivity index (χ1v) is 5.99. The molecular weight excluding hydrogens is 248 g/mol. The van der Waals surface area contributed by atoms with Crippen molar-refractivity contribution in [1.29, 1.82) is 0 Å². The molecule has 2 rings (SSSR count). The fourth-order valence-electron chi connectivity index (χ4n) is 1.94. The maximum Gasteiger partial charge on any atom is 0.131 e. The normalized spacial score (nSPS) is 12.2. The van der Waals surface area contributed by atoms with Gasteiger partial charge in [-0.05, 0) is 30.7 Å². The summed E-state index contributed by atoms with van der Waals surface area (Å²) in [5, 5.41) is 12.4. The van der Waals surface area contributed by atoms with Crippen molar-refractivity contribution in [2.45, 2.75) is 13.0 Å². The van der Waals surface area contributed by atoms with Crippen molar-refractivity contribution in [3.05, 3.63) is 65.2 Å². The maximum atomic E-state index is 13.7. The molecule has 0 fully saturated rings. The summed E-state index contributed by atoms with van der Waals surface area (Å²) in [7, 11) is 0. The summed E-state index contributed by atoms with van der Waals surface area (Å²) in [5.41, 5.74) is 2.08. The molecule has 4 heteroatoms. The van der Waals surface area contributed by atoms with Crippen molar-refractivity contribution < 1.29 is 13.9 Å². The number of nitrogens with one attached hydrogen (secondary N) is 1. The number of halogens is 2. The van der Waals surface area contributed by atoms with Gasteiger partial charge in [-0.3, -0.25) is 0 Å². The van der Waals surface area contributed by atoms with E-state index in [1.165, 1.54) is 12.1 Å². The molecule has 0 heterocycles. The van der Waals surface area contributed by atoms with E-state index < -0.39 is 17.7 Å².